The molecule has 1 aromatic heterocycles. The lowest BCUT2D eigenvalue weighted by Crippen LogP contribution is -2.44. The molecule has 32 heavy (non-hydrogen) atoms. The van der Waals surface area contributed by atoms with Crippen LogP contribution in [0.25, 0.3) is 0 Å². The zero-order chi connectivity index (χ0) is 22.8. The summed E-state index contributed by atoms with van der Waals surface area (Å²) in [5.41, 5.74) is 1.86. The first-order chi connectivity index (χ1) is 15.5. The number of rotatable bonds is 11. The molecule has 0 fully saturated rings. The van der Waals surface area contributed by atoms with Crippen LogP contribution in [0, 0.1) is 5.82 Å². The molecule has 0 saturated carbocycles. The van der Waals surface area contributed by atoms with E-state index in [0.29, 0.717) is 31.8 Å². The lowest BCUT2D eigenvalue weighted by molar-refractivity contribution is -0.140. The van der Waals surface area contributed by atoms with Crippen molar-refractivity contribution in [3.8, 4) is 0 Å². The average molecular weight is 437 g/mol. The van der Waals surface area contributed by atoms with Crippen molar-refractivity contribution < 1.29 is 18.4 Å². The Hall–Kier alpha value is -3.41. The minimum Gasteiger partial charge on any atom is -0.467 e. The molecule has 0 radical (unpaired) electrons. The highest BCUT2D eigenvalue weighted by atomic mass is 19.1. The van der Waals surface area contributed by atoms with Crippen molar-refractivity contribution in [3.05, 3.63) is 95.7 Å². The summed E-state index contributed by atoms with van der Waals surface area (Å²) >= 11 is 0. The Bertz CT molecular complexity index is 972. The minimum absolute atomic E-state index is 0.00334. The summed E-state index contributed by atoms with van der Waals surface area (Å²) in [4.78, 5) is 29.4. The molecule has 0 aliphatic rings. The predicted molar refractivity (Wildman–Crippen MR) is 121 cm³/mol. The quantitative estimate of drug-likeness (QED) is 0.446. The molecule has 168 valence electrons. The van der Waals surface area contributed by atoms with Gasteiger partial charge in [0.1, 0.15) is 11.6 Å². The molecule has 2 aromatic carbocycles. The van der Waals surface area contributed by atoms with Crippen LogP contribution in [0.5, 0.6) is 0 Å². The third-order valence-corrected chi connectivity index (χ3v) is 5.23. The maximum Gasteiger partial charge on any atom is 0.242 e. The van der Waals surface area contributed by atoms with Gasteiger partial charge in [-0.1, -0.05) is 49.4 Å². The van der Waals surface area contributed by atoms with Crippen LogP contribution in [0.15, 0.2) is 77.4 Å². The second-order valence-corrected chi connectivity index (χ2v) is 7.75. The normalized spacial score (nSPS) is 10.7. The largest absolute Gasteiger partial charge is 0.467 e. The van der Waals surface area contributed by atoms with E-state index in [9.17, 15) is 14.0 Å². The van der Waals surface area contributed by atoms with E-state index in [1.165, 1.54) is 12.1 Å². The van der Waals surface area contributed by atoms with Crippen molar-refractivity contribution in [2.24, 2.45) is 0 Å². The molecule has 0 spiro atoms. The topological polar surface area (TPSA) is 53.8 Å². The van der Waals surface area contributed by atoms with E-state index in [4.69, 9.17) is 4.42 Å². The van der Waals surface area contributed by atoms with Crippen LogP contribution < -0.4 is 0 Å². The van der Waals surface area contributed by atoms with Gasteiger partial charge in [-0.15, -0.1) is 0 Å². The van der Waals surface area contributed by atoms with E-state index < -0.39 is 0 Å². The van der Waals surface area contributed by atoms with Crippen molar-refractivity contribution in [1.82, 2.24) is 9.80 Å². The Balaban J connectivity index is 1.67. The smallest absolute Gasteiger partial charge is 0.242 e. The van der Waals surface area contributed by atoms with E-state index in [-0.39, 0.29) is 30.6 Å². The molecule has 0 aliphatic heterocycles. The number of amides is 2. The molecule has 0 N–H and O–H groups in total. The third kappa shape index (κ3) is 7.08. The van der Waals surface area contributed by atoms with Crippen LogP contribution in [0.1, 0.15) is 30.2 Å². The average Bonchev–Trinajstić information content (AvgIpc) is 3.31. The van der Waals surface area contributed by atoms with Crippen LogP contribution in [-0.4, -0.2) is 41.2 Å². The van der Waals surface area contributed by atoms with Gasteiger partial charge in [-0.05, 0) is 48.2 Å². The molecule has 1 heterocycles. The lowest BCUT2D eigenvalue weighted by Gasteiger charge is -2.27. The van der Waals surface area contributed by atoms with E-state index in [1.807, 2.05) is 43.3 Å². The molecule has 3 aromatic rings. The maximum absolute atomic E-state index is 13.2. The molecule has 6 heteroatoms. The fraction of sp³-hybridized carbons (Fsp3) is 0.308. The molecule has 0 aliphatic carbocycles. The van der Waals surface area contributed by atoms with Gasteiger partial charge in [0, 0.05) is 13.1 Å². The van der Waals surface area contributed by atoms with Crippen LogP contribution in [0.4, 0.5) is 4.39 Å². The Morgan fingerprint density at radius 2 is 1.59 bits per heavy atom. The molecule has 3 rings (SSSR count). The number of hydrogen-bond acceptors (Lipinski definition) is 3. The van der Waals surface area contributed by atoms with Crippen molar-refractivity contribution in [3.63, 3.8) is 0 Å². The summed E-state index contributed by atoms with van der Waals surface area (Å²) in [5.74, 6) is 0.0888. The number of nitrogens with zero attached hydrogens (tertiary/aromatic N) is 2. The van der Waals surface area contributed by atoms with E-state index >= 15 is 0 Å². The second-order valence-electron chi connectivity index (χ2n) is 7.75. The zero-order valence-electron chi connectivity index (χ0n) is 18.4. The summed E-state index contributed by atoms with van der Waals surface area (Å²) in [5, 5.41) is 0. The summed E-state index contributed by atoms with van der Waals surface area (Å²) < 4.78 is 18.6. The Kier molecular flexibility index (Phi) is 8.61. The van der Waals surface area contributed by atoms with Gasteiger partial charge in [-0.2, -0.15) is 0 Å². The SMILES string of the molecule is CCCN(CC(=O)N(CCc1ccccc1)Cc1ccco1)C(=O)Cc1ccc(F)cc1. The van der Waals surface area contributed by atoms with Crippen LogP contribution in [0.2, 0.25) is 0 Å². The van der Waals surface area contributed by atoms with Crippen molar-refractivity contribution >= 4 is 11.8 Å². The summed E-state index contributed by atoms with van der Waals surface area (Å²) in [6, 6.07) is 19.5. The first-order valence-corrected chi connectivity index (χ1v) is 10.9. The van der Waals surface area contributed by atoms with Crippen LogP contribution >= 0.6 is 0 Å². The van der Waals surface area contributed by atoms with E-state index in [2.05, 4.69) is 0 Å². The van der Waals surface area contributed by atoms with Gasteiger partial charge in [0.2, 0.25) is 11.8 Å². The van der Waals surface area contributed by atoms with Crippen LogP contribution in [-0.2, 0) is 29.0 Å². The van der Waals surface area contributed by atoms with Gasteiger partial charge in [0.05, 0.1) is 25.8 Å². The fourth-order valence-electron chi connectivity index (χ4n) is 3.51. The molecule has 0 bridgehead atoms. The number of hydrogen-bond donors (Lipinski definition) is 0. The van der Waals surface area contributed by atoms with Gasteiger partial charge in [0.25, 0.3) is 0 Å². The van der Waals surface area contributed by atoms with Gasteiger partial charge < -0.3 is 14.2 Å². The van der Waals surface area contributed by atoms with E-state index in [0.717, 1.165) is 17.5 Å². The monoisotopic (exact) mass is 436 g/mol. The minimum atomic E-state index is -0.339. The van der Waals surface area contributed by atoms with Crippen molar-refractivity contribution in [2.75, 3.05) is 19.6 Å². The van der Waals surface area contributed by atoms with Crippen molar-refractivity contribution in [1.29, 1.82) is 0 Å². The van der Waals surface area contributed by atoms with Gasteiger partial charge in [-0.3, -0.25) is 9.59 Å². The highest BCUT2D eigenvalue weighted by Gasteiger charge is 2.22. The standard InChI is InChI=1S/C26H29FN2O3/c1-2-15-28(25(30)18-22-10-12-23(27)13-11-22)20-26(31)29(19-24-9-6-17-32-24)16-14-21-7-4-3-5-8-21/h3-13,17H,2,14-16,18-20H2,1H3. The summed E-state index contributed by atoms with van der Waals surface area (Å²) in [6.07, 6.45) is 3.18. The zero-order valence-corrected chi connectivity index (χ0v) is 18.4. The first-order valence-electron chi connectivity index (χ1n) is 10.9. The molecule has 0 saturated heterocycles. The molecule has 0 atom stereocenters. The molecule has 2 amide bonds. The maximum atomic E-state index is 13.2. The second kappa shape index (κ2) is 11.8. The number of carbonyl (C=O) groups excluding carboxylic acids is 2. The Labute approximate surface area is 188 Å². The summed E-state index contributed by atoms with van der Waals surface area (Å²) in [7, 11) is 0. The fourth-order valence-corrected chi connectivity index (χ4v) is 3.51. The lowest BCUT2D eigenvalue weighted by atomic mass is 10.1. The number of carbonyl (C=O) groups is 2. The highest BCUT2D eigenvalue weighted by molar-refractivity contribution is 5.86. The number of benzene rings is 2. The highest BCUT2D eigenvalue weighted by Crippen LogP contribution is 2.11. The number of halogens is 1. The molecular formula is C26H29FN2O3. The van der Waals surface area contributed by atoms with Crippen molar-refractivity contribution in [2.45, 2.75) is 32.7 Å². The molecule has 5 nitrogen and oxygen atoms in total. The Morgan fingerprint density at radius 3 is 2.25 bits per heavy atom. The Morgan fingerprint density at radius 1 is 0.844 bits per heavy atom. The van der Waals surface area contributed by atoms with Gasteiger partial charge >= 0.3 is 0 Å². The number of furan rings is 1. The van der Waals surface area contributed by atoms with Gasteiger partial charge in [-0.25, -0.2) is 4.39 Å². The van der Waals surface area contributed by atoms with Gasteiger partial charge in [0.15, 0.2) is 0 Å². The molecular weight excluding hydrogens is 407 g/mol. The third-order valence-electron chi connectivity index (χ3n) is 5.23. The predicted octanol–water partition coefficient (Wildman–Crippen LogP) is 4.47. The summed E-state index contributed by atoms with van der Waals surface area (Å²) in [6.45, 7) is 3.33. The first kappa shape index (κ1) is 23.3. The molecule has 0 unspecified atom stereocenters. The van der Waals surface area contributed by atoms with E-state index in [1.54, 1.807) is 34.3 Å². The van der Waals surface area contributed by atoms with Crippen LogP contribution in [0.3, 0.4) is 0 Å².